The Morgan fingerprint density at radius 2 is 1.85 bits per heavy atom. The lowest BCUT2D eigenvalue weighted by Crippen LogP contribution is -2.39. The van der Waals surface area contributed by atoms with Gasteiger partial charge in [0.05, 0.1) is 11.3 Å². The van der Waals surface area contributed by atoms with E-state index >= 15 is 0 Å². The monoisotopic (exact) mass is 352 g/mol. The van der Waals surface area contributed by atoms with Crippen LogP contribution >= 0.6 is 15.9 Å². The van der Waals surface area contributed by atoms with Crippen molar-refractivity contribution in [2.75, 3.05) is 24.5 Å². The average Bonchev–Trinajstić information content (AvgIpc) is 2.34. The number of hydrogen-bond acceptors (Lipinski definition) is 2. The molecule has 20 heavy (non-hydrogen) atoms. The molecule has 1 aromatic rings. The van der Waals surface area contributed by atoms with E-state index in [1.165, 1.54) is 12.1 Å². The number of nitrogens with two attached hydrogens (primary N) is 1. The lowest BCUT2D eigenvalue weighted by Gasteiger charge is -2.34. The van der Waals surface area contributed by atoms with E-state index in [-0.39, 0.29) is 11.1 Å². The van der Waals surface area contributed by atoms with Crippen molar-refractivity contribution in [2.24, 2.45) is 11.1 Å². The van der Waals surface area contributed by atoms with Crippen molar-refractivity contribution in [1.82, 2.24) is 0 Å². The topological polar surface area (TPSA) is 29.3 Å². The van der Waals surface area contributed by atoms with Gasteiger partial charge in [-0.05, 0) is 37.1 Å². The molecule has 2 nitrogen and oxygen atoms in total. The van der Waals surface area contributed by atoms with Crippen molar-refractivity contribution in [3.63, 3.8) is 0 Å². The van der Waals surface area contributed by atoms with E-state index in [9.17, 15) is 13.2 Å². The van der Waals surface area contributed by atoms with E-state index in [1.54, 1.807) is 4.90 Å². The van der Waals surface area contributed by atoms with Crippen LogP contribution in [0.2, 0.25) is 0 Å². The first-order chi connectivity index (χ1) is 9.10. The molecule has 0 atom stereocenters. The molecule has 0 aliphatic rings. The van der Waals surface area contributed by atoms with Crippen molar-refractivity contribution >= 4 is 21.6 Å². The van der Waals surface area contributed by atoms with E-state index in [1.807, 2.05) is 20.8 Å². The molecule has 0 unspecified atom stereocenters. The molecule has 0 saturated carbocycles. The van der Waals surface area contributed by atoms with Gasteiger partial charge in [-0.15, -0.1) is 0 Å². The molecule has 0 radical (unpaired) electrons. The van der Waals surface area contributed by atoms with Crippen LogP contribution in [0.1, 0.15) is 26.3 Å². The molecule has 0 bridgehead atoms. The minimum Gasteiger partial charge on any atom is -0.371 e. The highest BCUT2D eigenvalue weighted by Gasteiger charge is 2.35. The summed E-state index contributed by atoms with van der Waals surface area (Å²) in [6.45, 7) is 7.11. The molecule has 0 heterocycles. The van der Waals surface area contributed by atoms with Gasteiger partial charge in [0, 0.05) is 17.6 Å². The second kappa shape index (κ2) is 6.35. The van der Waals surface area contributed by atoms with Crippen molar-refractivity contribution in [3.8, 4) is 0 Å². The van der Waals surface area contributed by atoms with E-state index < -0.39 is 11.7 Å². The zero-order valence-electron chi connectivity index (χ0n) is 11.9. The minimum atomic E-state index is -4.36. The van der Waals surface area contributed by atoms with Gasteiger partial charge in [-0.1, -0.05) is 29.8 Å². The van der Waals surface area contributed by atoms with Gasteiger partial charge in [0.25, 0.3) is 0 Å². The molecule has 0 saturated heterocycles. The van der Waals surface area contributed by atoms with Gasteiger partial charge in [-0.3, -0.25) is 0 Å². The van der Waals surface area contributed by atoms with Gasteiger partial charge in [-0.2, -0.15) is 13.2 Å². The SMILES string of the molecule is CCN(CC(C)(C)CN)c1cc(Br)ccc1C(F)(F)F. The number of nitrogens with zero attached hydrogens (tertiary/aromatic N) is 1. The molecule has 1 rings (SSSR count). The molecule has 0 aromatic heterocycles. The zero-order chi connectivity index (χ0) is 15.6. The molecule has 0 aliphatic heterocycles. The summed E-state index contributed by atoms with van der Waals surface area (Å²) >= 11 is 3.24. The van der Waals surface area contributed by atoms with E-state index in [4.69, 9.17) is 5.73 Å². The number of rotatable bonds is 5. The molecule has 1 aromatic carbocycles. The highest BCUT2D eigenvalue weighted by molar-refractivity contribution is 9.10. The summed E-state index contributed by atoms with van der Waals surface area (Å²) in [5.41, 5.74) is 5.01. The second-order valence-electron chi connectivity index (χ2n) is 5.54. The Morgan fingerprint density at radius 3 is 2.30 bits per heavy atom. The van der Waals surface area contributed by atoms with Crippen LogP contribution in [-0.2, 0) is 6.18 Å². The summed E-state index contributed by atoms with van der Waals surface area (Å²) in [5.74, 6) is 0. The fourth-order valence-electron chi connectivity index (χ4n) is 1.95. The molecule has 6 heteroatoms. The minimum absolute atomic E-state index is 0.191. The Balaban J connectivity index is 3.24. The summed E-state index contributed by atoms with van der Waals surface area (Å²) in [6, 6.07) is 4.03. The van der Waals surface area contributed by atoms with Crippen molar-refractivity contribution in [2.45, 2.75) is 26.9 Å². The second-order valence-corrected chi connectivity index (χ2v) is 6.46. The van der Waals surface area contributed by atoms with E-state index in [0.717, 1.165) is 6.07 Å². The third kappa shape index (κ3) is 4.38. The number of anilines is 1. The number of halogens is 4. The predicted molar refractivity (Wildman–Crippen MR) is 79.9 cm³/mol. The molecule has 114 valence electrons. The Kier molecular flexibility index (Phi) is 5.49. The van der Waals surface area contributed by atoms with Crippen molar-refractivity contribution in [3.05, 3.63) is 28.2 Å². The number of alkyl halides is 3. The summed E-state index contributed by atoms with van der Waals surface area (Å²) in [5, 5.41) is 0. The zero-order valence-corrected chi connectivity index (χ0v) is 13.5. The van der Waals surface area contributed by atoms with Crippen LogP contribution in [0.3, 0.4) is 0 Å². The fraction of sp³-hybridized carbons (Fsp3) is 0.571. The van der Waals surface area contributed by atoms with Gasteiger partial charge < -0.3 is 10.6 Å². The molecular formula is C14H20BrF3N2. The highest BCUT2D eigenvalue weighted by atomic mass is 79.9. The normalized spacial score (nSPS) is 12.6. The summed E-state index contributed by atoms with van der Waals surface area (Å²) in [6.07, 6.45) is -4.36. The van der Waals surface area contributed by atoms with Gasteiger partial charge >= 0.3 is 6.18 Å². The van der Waals surface area contributed by atoms with Crippen molar-refractivity contribution in [1.29, 1.82) is 0 Å². The van der Waals surface area contributed by atoms with E-state index in [0.29, 0.717) is 24.1 Å². The summed E-state index contributed by atoms with van der Waals surface area (Å²) in [7, 11) is 0. The molecule has 0 aliphatic carbocycles. The van der Waals surface area contributed by atoms with Crippen LogP contribution in [0, 0.1) is 5.41 Å². The summed E-state index contributed by atoms with van der Waals surface area (Å²) < 4.78 is 40.0. The highest BCUT2D eigenvalue weighted by Crippen LogP contribution is 2.38. The van der Waals surface area contributed by atoms with Gasteiger partial charge in [0.2, 0.25) is 0 Å². The number of hydrogen-bond donors (Lipinski definition) is 1. The maximum Gasteiger partial charge on any atom is 0.418 e. The molecule has 0 spiro atoms. The Morgan fingerprint density at radius 1 is 1.25 bits per heavy atom. The maximum absolute atomic E-state index is 13.1. The molecule has 2 N–H and O–H groups in total. The molecule has 0 fully saturated rings. The maximum atomic E-state index is 13.1. The lowest BCUT2D eigenvalue weighted by atomic mass is 9.92. The molecule has 0 amide bonds. The summed E-state index contributed by atoms with van der Waals surface area (Å²) in [4.78, 5) is 1.72. The Hall–Kier alpha value is -0.750. The lowest BCUT2D eigenvalue weighted by molar-refractivity contribution is -0.137. The van der Waals surface area contributed by atoms with Gasteiger partial charge in [0.1, 0.15) is 0 Å². The van der Waals surface area contributed by atoms with Crippen LogP contribution in [0.15, 0.2) is 22.7 Å². The first kappa shape index (κ1) is 17.3. The van der Waals surface area contributed by atoms with Crippen LogP contribution in [-0.4, -0.2) is 19.6 Å². The first-order valence-corrected chi connectivity index (χ1v) is 7.22. The predicted octanol–water partition coefficient (Wildman–Crippen LogP) is 4.28. The third-order valence-electron chi connectivity index (χ3n) is 3.16. The quantitative estimate of drug-likeness (QED) is 0.856. The average molecular weight is 353 g/mol. The van der Waals surface area contributed by atoms with Gasteiger partial charge in [-0.25, -0.2) is 0 Å². The standard InChI is InChI=1S/C14H20BrF3N2/c1-4-20(9-13(2,3)8-19)12-7-10(15)5-6-11(12)14(16,17)18/h5-7H,4,8-9,19H2,1-3H3. The first-order valence-electron chi connectivity index (χ1n) is 6.42. The van der Waals surface area contributed by atoms with Gasteiger partial charge in [0.15, 0.2) is 0 Å². The van der Waals surface area contributed by atoms with Crippen LogP contribution in [0.5, 0.6) is 0 Å². The van der Waals surface area contributed by atoms with E-state index in [2.05, 4.69) is 15.9 Å². The Labute approximate surface area is 126 Å². The van der Waals surface area contributed by atoms with Crippen LogP contribution in [0.25, 0.3) is 0 Å². The Bertz CT molecular complexity index is 458. The van der Waals surface area contributed by atoms with Crippen LogP contribution < -0.4 is 10.6 Å². The van der Waals surface area contributed by atoms with Crippen LogP contribution in [0.4, 0.5) is 18.9 Å². The largest absolute Gasteiger partial charge is 0.418 e. The fourth-order valence-corrected chi connectivity index (χ4v) is 2.30. The van der Waals surface area contributed by atoms with Crippen molar-refractivity contribution < 1.29 is 13.2 Å². The molecular weight excluding hydrogens is 333 g/mol. The number of benzene rings is 1. The third-order valence-corrected chi connectivity index (χ3v) is 3.65. The smallest absolute Gasteiger partial charge is 0.371 e.